The fraction of sp³-hybridized carbons (Fsp3) is 0.462. The van der Waals surface area contributed by atoms with E-state index >= 15 is 0 Å². The van der Waals surface area contributed by atoms with E-state index in [4.69, 9.17) is 0 Å². The summed E-state index contributed by atoms with van der Waals surface area (Å²) < 4.78 is 52.2. The molecule has 1 aliphatic heterocycles. The van der Waals surface area contributed by atoms with Crippen LogP contribution in [0.2, 0.25) is 0 Å². The van der Waals surface area contributed by atoms with Gasteiger partial charge in [0.05, 0.1) is 11.6 Å². The van der Waals surface area contributed by atoms with Crippen LogP contribution in [0.5, 0.6) is 0 Å². The van der Waals surface area contributed by atoms with Crippen LogP contribution in [-0.2, 0) is 0 Å². The Morgan fingerprint density at radius 1 is 1.38 bits per heavy atom. The topological polar surface area (TPSA) is 32.3 Å². The summed E-state index contributed by atoms with van der Waals surface area (Å²) in [5.41, 5.74) is -0.0580. The second kappa shape index (κ2) is 6.21. The number of piperidine rings is 1. The molecule has 0 bridgehead atoms. The molecule has 2 rings (SSSR count). The second-order valence-corrected chi connectivity index (χ2v) is 5.80. The third-order valence-corrected chi connectivity index (χ3v) is 3.84. The minimum absolute atomic E-state index is 0.0138. The van der Waals surface area contributed by atoms with E-state index in [-0.39, 0.29) is 25.1 Å². The molecule has 116 valence electrons. The van der Waals surface area contributed by atoms with Crippen molar-refractivity contribution in [2.24, 2.45) is 5.92 Å². The van der Waals surface area contributed by atoms with Crippen molar-refractivity contribution in [2.45, 2.75) is 19.0 Å². The van der Waals surface area contributed by atoms with Crippen LogP contribution in [0.25, 0.3) is 0 Å². The third-order valence-electron chi connectivity index (χ3n) is 3.34. The summed E-state index contributed by atoms with van der Waals surface area (Å²) >= 11 is 3.08. The lowest BCUT2D eigenvalue weighted by Gasteiger charge is -2.33. The van der Waals surface area contributed by atoms with E-state index in [2.05, 4.69) is 21.2 Å². The van der Waals surface area contributed by atoms with E-state index < -0.39 is 30.5 Å². The molecular formula is C13H13BrF4N2O. The minimum atomic E-state index is -4.32. The van der Waals surface area contributed by atoms with Crippen molar-refractivity contribution in [2.75, 3.05) is 18.4 Å². The van der Waals surface area contributed by atoms with Gasteiger partial charge in [0.1, 0.15) is 5.82 Å². The van der Waals surface area contributed by atoms with Gasteiger partial charge >= 0.3 is 12.2 Å². The van der Waals surface area contributed by atoms with Gasteiger partial charge in [-0.25, -0.2) is 9.18 Å². The molecule has 1 fully saturated rings. The number of amides is 2. The largest absolute Gasteiger partial charge is 0.393 e. The van der Waals surface area contributed by atoms with Crippen LogP contribution in [0.1, 0.15) is 12.8 Å². The first kappa shape index (κ1) is 16.1. The Morgan fingerprint density at radius 3 is 2.71 bits per heavy atom. The van der Waals surface area contributed by atoms with E-state index in [0.29, 0.717) is 4.47 Å². The predicted molar refractivity (Wildman–Crippen MR) is 73.5 cm³/mol. The smallest absolute Gasteiger partial charge is 0.324 e. The van der Waals surface area contributed by atoms with Crippen LogP contribution in [0, 0.1) is 11.7 Å². The van der Waals surface area contributed by atoms with Gasteiger partial charge in [-0.15, -0.1) is 0 Å². The average Bonchev–Trinajstić information content (AvgIpc) is 2.41. The number of hydrogen-bond acceptors (Lipinski definition) is 1. The summed E-state index contributed by atoms with van der Waals surface area (Å²) in [7, 11) is 0. The summed E-state index contributed by atoms with van der Waals surface area (Å²) in [6.07, 6.45) is -4.03. The molecule has 1 atom stereocenters. The zero-order valence-electron chi connectivity index (χ0n) is 10.9. The molecule has 1 aromatic rings. The maximum atomic E-state index is 13.6. The molecule has 2 amide bonds. The highest BCUT2D eigenvalue weighted by Crippen LogP contribution is 2.33. The fourth-order valence-corrected chi connectivity index (χ4v) is 2.55. The van der Waals surface area contributed by atoms with Gasteiger partial charge in [-0.3, -0.25) is 0 Å². The molecule has 21 heavy (non-hydrogen) atoms. The number of nitrogens with zero attached hydrogens (tertiary/aromatic N) is 1. The van der Waals surface area contributed by atoms with Crippen LogP contribution in [0.3, 0.4) is 0 Å². The number of rotatable bonds is 1. The zero-order valence-corrected chi connectivity index (χ0v) is 12.5. The van der Waals surface area contributed by atoms with Gasteiger partial charge in [0.15, 0.2) is 0 Å². The number of carbonyl (C=O) groups excluding carboxylic acids is 1. The highest BCUT2D eigenvalue weighted by Gasteiger charge is 2.42. The lowest BCUT2D eigenvalue weighted by molar-refractivity contribution is -0.183. The highest BCUT2D eigenvalue weighted by molar-refractivity contribution is 9.10. The maximum absolute atomic E-state index is 13.6. The maximum Gasteiger partial charge on any atom is 0.393 e. The Hall–Kier alpha value is -1.31. The van der Waals surface area contributed by atoms with Crippen molar-refractivity contribution in [3.63, 3.8) is 0 Å². The summed E-state index contributed by atoms with van der Waals surface area (Å²) in [6.45, 7) is -0.163. The molecule has 1 aliphatic rings. The molecule has 0 aromatic heterocycles. The van der Waals surface area contributed by atoms with Crippen molar-refractivity contribution >= 4 is 27.6 Å². The molecule has 8 heteroatoms. The lowest BCUT2D eigenvalue weighted by atomic mass is 9.98. The van der Waals surface area contributed by atoms with Crippen molar-refractivity contribution in [3.05, 3.63) is 28.5 Å². The van der Waals surface area contributed by atoms with Crippen molar-refractivity contribution in [3.8, 4) is 0 Å². The molecular weight excluding hydrogens is 356 g/mol. The van der Waals surface area contributed by atoms with E-state index in [1.807, 2.05) is 0 Å². The highest BCUT2D eigenvalue weighted by atomic mass is 79.9. The average molecular weight is 369 g/mol. The number of carbonyl (C=O) groups is 1. The predicted octanol–water partition coefficient (Wildman–Crippen LogP) is 4.39. The number of benzene rings is 1. The van der Waals surface area contributed by atoms with Crippen LogP contribution >= 0.6 is 15.9 Å². The van der Waals surface area contributed by atoms with Crippen molar-refractivity contribution in [1.82, 2.24) is 4.90 Å². The van der Waals surface area contributed by atoms with Gasteiger partial charge in [0.2, 0.25) is 0 Å². The van der Waals surface area contributed by atoms with Crippen LogP contribution < -0.4 is 5.32 Å². The quantitative estimate of drug-likeness (QED) is 0.732. The molecule has 1 N–H and O–H groups in total. The SMILES string of the molecule is O=C(Nc1ccc(Br)cc1F)N1CCCC(C(F)(F)F)C1. The number of urea groups is 1. The van der Waals surface area contributed by atoms with Crippen LogP contribution in [-0.4, -0.2) is 30.2 Å². The Balaban J connectivity index is 2.03. The number of hydrogen-bond donors (Lipinski definition) is 1. The number of alkyl halides is 3. The Bertz CT molecular complexity index is 535. The minimum Gasteiger partial charge on any atom is -0.324 e. The van der Waals surface area contributed by atoms with Gasteiger partial charge < -0.3 is 10.2 Å². The van der Waals surface area contributed by atoms with E-state index in [9.17, 15) is 22.4 Å². The number of nitrogens with one attached hydrogen (secondary N) is 1. The van der Waals surface area contributed by atoms with Gasteiger partial charge in [0.25, 0.3) is 0 Å². The monoisotopic (exact) mass is 368 g/mol. The summed E-state index contributed by atoms with van der Waals surface area (Å²) in [6, 6.07) is 3.34. The molecule has 0 spiro atoms. The number of halogens is 5. The molecule has 0 saturated carbocycles. The molecule has 1 saturated heterocycles. The fourth-order valence-electron chi connectivity index (χ4n) is 2.21. The Kier molecular flexibility index (Phi) is 4.75. The standard InChI is InChI=1S/C13H13BrF4N2O/c14-9-3-4-11(10(15)6-9)19-12(21)20-5-1-2-8(7-20)13(16,17)18/h3-4,6,8H,1-2,5,7H2,(H,19,21). The third kappa shape index (κ3) is 4.09. The lowest BCUT2D eigenvalue weighted by Crippen LogP contribution is -2.46. The second-order valence-electron chi connectivity index (χ2n) is 4.88. The van der Waals surface area contributed by atoms with E-state index in [1.165, 1.54) is 18.2 Å². The molecule has 1 heterocycles. The first-order chi connectivity index (χ1) is 9.77. The number of anilines is 1. The normalized spacial score (nSPS) is 19.5. The Labute approximate surface area is 127 Å². The zero-order chi connectivity index (χ0) is 15.6. The molecule has 0 aliphatic carbocycles. The first-order valence-corrected chi connectivity index (χ1v) is 7.14. The van der Waals surface area contributed by atoms with Gasteiger partial charge in [-0.2, -0.15) is 13.2 Å². The first-order valence-electron chi connectivity index (χ1n) is 6.35. The van der Waals surface area contributed by atoms with Crippen molar-refractivity contribution in [1.29, 1.82) is 0 Å². The van der Waals surface area contributed by atoms with Gasteiger partial charge in [-0.1, -0.05) is 15.9 Å². The van der Waals surface area contributed by atoms with E-state index in [0.717, 1.165) is 4.90 Å². The van der Waals surface area contributed by atoms with E-state index in [1.54, 1.807) is 0 Å². The van der Waals surface area contributed by atoms with Gasteiger partial charge in [-0.05, 0) is 31.0 Å². The molecule has 0 radical (unpaired) electrons. The van der Waals surface area contributed by atoms with Crippen LogP contribution in [0.4, 0.5) is 28.0 Å². The Morgan fingerprint density at radius 2 is 2.10 bits per heavy atom. The molecule has 3 nitrogen and oxygen atoms in total. The molecule has 1 unspecified atom stereocenters. The summed E-state index contributed by atoms with van der Waals surface area (Å²) in [5, 5.41) is 2.30. The molecule has 1 aromatic carbocycles. The number of likely N-dealkylation sites (tertiary alicyclic amines) is 1. The van der Waals surface area contributed by atoms with Crippen LogP contribution in [0.15, 0.2) is 22.7 Å². The summed E-state index contributed by atoms with van der Waals surface area (Å²) in [4.78, 5) is 13.0. The van der Waals surface area contributed by atoms with Crippen molar-refractivity contribution < 1.29 is 22.4 Å². The summed E-state index contributed by atoms with van der Waals surface area (Å²) in [5.74, 6) is -2.17. The van der Waals surface area contributed by atoms with Gasteiger partial charge in [0, 0.05) is 17.6 Å².